The first-order valence-corrected chi connectivity index (χ1v) is 3.15. The summed E-state index contributed by atoms with van der Waals surface area (Å²) in [5, 5.41) is 2.54. The molecule has 0 aromatic heterocycles. The van der Waals surface area contributed by atoms with Gasteiger partial charge in [0.05, 0.1) is 0 Å². The number of halogens is 1. The molecule has 0 aromatic rings. The van der Waals surface area contributed by atoms with Crippen molar-refractivity contribution in [2.24, 2.45) is 0 Å². The summed E-state index contributed by atoms with van der Waals surface area (Å²) in [5.41, 5.74) is 0. The molecule has 4 heteroatoms. The maximum Gasteiger partial charge on any atom is 0.316 e. The number of rotatable bonds is 2. The van der Waals surface area contributed by atoms with Gasteiger partial charge in [0, 0.05) is 20.6 Å². The molecule has 10 heavy (non-hydrogen) atoms. The van der Waals surface area contributed by atoms with Crippen molar-refractivity contribution in [3.63, 3.8) is 0 Å². The number of nitrogens with one attached hydrogen (secondary N) is 1. The van der Waals surface area contributed by atoms with Gasteiger partial charge in [-0.1, -0.05) is 6.92 Å². The monoisotopic (exact) mass is 150 g/mol. The van der Waals surface area contributed by atoms with E-state index in [4.69, 9.17) is 0 Å². The van der Waals surface area contributed by atoms with Crippen LogP contribution in [0.25, 0.3) is 0 Å². The molecule has 2 amide bonds. The van der Waals surface area contributed by atoms with Gasteiger partial charge in [-0.05, 0) is 6.42 Å². The predicted octanol–water partition coefficient (Wildman–Crippen LogP) is 0.820. The molecule has 0 atom stereocenters. The molecule has 0 unspecified atom stereocenters. The molecular weight excluding hydrogens is 135 g/mol. The molecular formula is C6H15FN2O. The first-order valence-electron chi connectivity index (χ1n) is 3.15. The van der Waals surface area contributed by atoms with Crippen LogP contribution in [0.3, 0.4) is 0 Å². The maximum atomic E-state index is 10.7. The molecule has 0 aliphatic rings. The van der Waals surface area contributed by atoms with Crippen molar-refractivity contribution in [2.75, 3.05) is 20.6 Å². The van der Waals surface area contributed by atoms with Crippen molar-refractivity contribution in [2.45, 2.75) is 13.3 Å². The SMILES string of the molecule is CCCN(C)C(=O)NC.F. The van der Waals surface area contributed by atoms with Crippen LogP contribution in [-0.2, 0) is 0 Å². The highest BCUT2D eigenvalue weighted by Crippen LogP contribution is 1.84. The molecule has 0 rings (SSSR count). The van der Waals surface area contributed by atoms with E-state index in [-0.39, 0.29) is 10.7 Å². The van der Waals surface area contributed by atoms with E-state index in [2.05, 4.69) is 5.32 Å². The van der Waals surface area contributed by atoms with E-state index in [9.17, 15) is 4.79 Å². The molecule has 0 saturated carbocycles. The van der Waals surface area contributed by atoms with Crippen molar-refractivity contribution in [1.82, 2.24) is 10.2 Å². The predicted molar refractivity (Wildman–Crippen MR) is 39.9 cm³/mol. The number of hydrogen-bond donors (Lipinski definition) is 1. The van der Waals surface area contributed by atoms with Gasteiger partial charge in [0.1, 0.15) is 0 Å². The van der Waals surface area contributed by atoms with E-state index in [0.29, 0.717) is 0 Å². The average Bonchev–Trinajstić information content (AvgIpc) is 1.87. The van der Waals surface area contributed by atoms with Crippen LogP contribution in [0.2, 0.25) is 0 Å². The largest absolute Gasteiger partial charge is 0.341 e. The van der Waals surface area contributed by atoms with Crippen LogP contribution in [0.4, 0.5) is 9.50 Å². The second kappa shape index (κ2) is 6.32. The molecule has 0 aliphatic heterocycles. The van der Waals surface area contributed by atoms with Gasteiger partial charge in [-0.25, -0.2) is 4.79 Å². The molecule has 0 saturated heterocycles. The van der Waals surface area contributed by atoms with E-state index in [1.807, 2.05) is 6.92 Å². The van der Waals surface area contributed by atoms with E-state index in [0.717, 1.165) is 13.0 Å². The molecule has 0 radical (unpaired) electrons. The van der Waals surface area contributed by atoms with Crippen LogP contribution in [0.15, 0.2) is 0 Å². The molecule has 3 nitrogen and oxygen atoms in total. The second-order valence-corrected chi connectivity index (χ2v) is 1.98. The van der Waals surface area contributed by atoms with E-state index >= 15 is 0 Å². The Bertz CT molecular complexity index is 97.7. The fourth-order valence-corrected chi connectivity index (χ4v) is 0.628. The Kier molecular flexibility index (Phi) is 7.54. The Morgan fingerprint density at radius 1 is 1.60 bits per heavy atom. The minimum atomic E-state index is -0.0168. The van der Waals surface area contributed by atoms with Crippen LogP contribution in [-0.4, -0.2) is 31.6 Å². The molecule has 1 N–H and O–H groups in total. The highest BCUT2D eigenvalue weighted by molar-refractivity contribution is 5.73. The number of hydrogen-bond acceptors (Lipinski definition) is 1. The highest BCUT2D eigenvalue weighted by atomic mass is 19.0. The lowest BCUT2D eigenvalue weighted by atomic mass is 10.4. The Hall–Kier alpha value is -0.800. The zero-order valence-electron chi connectivity index (χ0n) is 6.68. The smallest absolute Gasteiger partial charge is 0.316 e. The summed E-state index contributed by atoms with van der Waals surface area (Å²) < 4.78 is 0. The topological polar surface area (TPSA) is 32.3 Å². The van der Waals surface area contributed by atoms with E-state index < -0.39 is 0 Å². The fourth-order valence-electron chi connectivity index (χ4n) is 0.628. The standard InChI is InChI=1S/C6H14N2O.FH/c1-4-5-8(3)6(9)7-2;/h4-5H2,1-3H3,(H,7,9);1H. The van der Waals surface area contributed by atoms with Crippen molar-refractivity contribution >= 4 is 6.03 Å². The van der Waals surface area contributed by atoms with Gasteiger partial charge in [-0.15, -0.1) is 0 Å². The van der Waals surface area contributed by atoms with Crippen LogP contribution < -0.4 is 5.32 Å². The average molecular weight is 150 g/mol. The van der Waals surface area contributed by atoms with Crippen LogP contribution in [0.1, 0.15) is 13.3 Å². The zero-order chi connectivity index (χ0) is 7.28. The molecule has 62 valence electrons. The molecule has 0 heterocycles. The van der Waals surface area contributed by atoms with Gasteiger partial charge in [0.2, 0.25) is 0 Å². The van der Waals surface area contributed by atoms with Crippen LogP contribution in [0, 0.1) is 0 Å². The van der Waals surface area contributed by atoms with E-state index in [1.165, 1.54) is 0 Å². The molecule has 0 fully saturated rings. The van der Waals surface area contributed by atoms with Crippen molar-refractivity contribution < 1.29 is 9.50 Å². The van der Waals surface area contributed by atoms with Crippen molar-refractivity contribution in [3.8, 4) is 0 Å². The fraction of sp³-hybridized carbons (Fsp3) is 0.833. The lowest BCUT2D eigenvalue weighted by molar-refractivity contribution is 0.211. The lowest BCUT2D eigenvalue weighted by Gasteiger charge is -2.14. The Morgan fingerprint density at radius 3 is 2.40 bits per heavy atom. The third-order valence-corrected chi connectivity index (χ3v) is 1.12. The lowest BCUT2D eigenvalue weighted by Crippen LogP contribution is -2.35. The quantitative estimate of drug-likeness (QED) is 0.621. The summed E-state index contributed by atoms with van der Waals surface area (Å²) in [4.78, 5) is 12.4. The normalized spacial score (nSPS) is 7.90. The van der Waals surface area contributed by atoms with Gasteiger partial charge in [-0.3, -0.25) is 4.70 Å². The molecule has 0 aliphatic carbocycles. The minimum absolute atomic E-state index is 0. The molecule has 0 aromatic carbocycles. The van der Waals surface area contributed by atoms with E-state index in [1.54, 1.807) is 19.0 Å². The summed E-state index contributed by atoms with van der Waals surface area (Å²) in [6, 6.07) is -0.0168. The maximum absolute atomic E-state index is 10.7. The zero-order valence-corrected chi connectivity index (χ0v) is 6.68. The highest BCUT2D eigenvalue weighted by Gasteiger charge is 2.01. The number of amides is 2. The third kappa shape index (κ3) is 4.12. The first kappa shape index (κ1) is 11.9. The summed E-state index contributed by atoms with van der Waals surface area (Å²) in [6.45, 7) is 2.86. The van der Waals surface area contributed by atoms with Crippen LogP contribution in [0.5, 0.6) is 0 Å². The second-order valence-electron chi connectivity index (χ2n) is 1.98. The Labute approximate surface area is 60.8 Å². The summed E-state index contributed by atoms with van der Waals surface area (Å²) >= 11 is 0. The van der Waals surface area contributed by atoms with Gasteiger partial charge >= 0.3 is 6.03 Å². The van der Waals surface area contributed by atoms with Crippen molar-refractivity contribution in [3.05, 3.63) is 0 Å². The van der Waals surface area contributed by atoms with Gasteiger partial charge in [0.25, 0.3) is 0 Å². The summed E-state index contributed by atoms with van der Waals surface area (Å²) in [7, 11) is 3.41. The third-order valence-electron chi connectivity index (χ3n) is 1.12. The molecule has 0 bridgehead atoms. The number of urea groups is 1. The van der Waals surface area contributed by atoms with Gasteiger partial charge in [-0.2, -0.15) is 0 Å². The Morgan fingerprint density at radius 2 is 2.10 bits per heavy atom. The van der Waals surface area contributed by atoms with Gasteiger partial charge < -0.3 is 10.2 Å². The van der Waals surface area contributed by atoms with Crippen molar-refractivity contribution in [1.29, 1.82) is 0 Å². The molecule has 0 spiro atoms. The number of carbonyl (C=O) groups excluding carboxylic acids is 1. The first-order chi connectivity index (χ1) is 4.22. The Balaban J connectivity index is 0. The van der Waals surface area contributed by atoms with Gasteiger partial charge in [0.15, 0.2) is 0 Å². The summed E-state index contributed by atoms with van der Waals surface area (Å²) in [5.74, 6) is 0. The number of carbonyl (C=O) groups is 1. The summed E-state index contributed by atoms with van der Waals surface area (Å²) in [6.07, 6.45) is 1.00. The van der Waals surface area contributed by atoms with Crippen LogP contribution >= 0.6 is 0 Å². The minimum Gasteiger partial charge on any atom is -0.341 e. The number of nitrogens with zero attached hydrogens (tertiary/aromatic N) is 1.